The third-order valence-corrected chi connectivity index (χ3v) is 3.24. The fourth-order valence-corrected chi connectivity index (χ4v) is 2.05. The molecule has 0 aromatic carbocycles. The average Bonchev–Trinajstić information content (AvgIpc) is 2.33. The highest BCUT2D eigenvalue weighted by Gasteiger charge is 2.11. The Morgan fingerprint density at radius 3 is 2.29 bits per heavy atom. The first-order chi connectivity index (χ1) is 8.24. The van der Waals surface area contributed by atoms with E-state index in [-0.39, 0.29) is 5.97 Å². The normalized spacial score (nSPS) is 12.4. The number of carbonyl (C=O) groups excluding carboxylic acids is 1. The summed E-state index contributed by atoms with van der Waals surface area (Å²) in [6.07, 6.45) is 10.0. The molecule has 1 atom stereocenters. The monoisotopic (exact) mass is 242 g/mol. The SMILES string of the molecule is CCCCCCCOC(=O)CC(CC)CCC. The average molecular weight is 242 g/mol. The molecule has 0 bridgehead atoms. The van der Waals surface area contributed by atoms with E-state index in [1.165, 1.54) is 25.7 Å². The van der Waals surface area contributed by atoms with Crippen molar-refractivity contribution in [3.05, 3.63) is 0 Å². The molecule has 0 saturated heterocycles. The third-order valence-electron chi connectivity index (χ3n) is 3.24. The lowest BCUT2D eigenvalue weighted by Gasteiger charge is -2.12. The van der Waals surface area contributed by atoms with E-state index in [4.69, 9.17) is 4.74 Å². The van der Waals surface area contributed by atoms with Gasteiger partial charge in [0.25, 0.3) is 0 Å². The number of esters is 1. The van der Waals surface area contributed by atoms with Crippen LogP contribution < -0.4 is 0 Å². The Bertz CT molecular complexity index is 178. The highest BCUT2D eigenvalue weighted by atomic mass is 16.5. The first kappa shape index (κ1) is 16.5. The van der Waals surface area contributed by atoms with Gasteiger partial charge < -0.3 is 4.74 Å². The molecule has 0 fully saturated rings. The Labute approximate surface area is 107 Å². The summed E-state index contributed by atoms with van der Waals surface area (Å²) in [6, 6.07) is 0. The van der Waals surface area contributed by atoms with Crippen LogP contribution in [0.3, 0.4) is 0 Å². The molecule has 0 rings (SSSR count). The zero-order valence-electron chi connectivity index (χ0n) is 12.0. The lowest BCUT2D eigenvalue weighted by atomic mass is 9.97. The predicted octanol–water partition coefficient (Wildman–Crippen LogP) is 4.72. The van der Waals surface area contributed by atoms with Gasteiger partial charge in [-0.25, -0.2) is 0 Å². The van der Waals surface area contributed by atoms with Gasteiger partial charge in [-0.15, -0.1) is 0 Å². The zero-order valence-corrected chi connectivity index (χ0v) is 12.0. The van der Waals surface area contributed by atoms with Gasteiger partial charge in [0.15, 0.2) is 0 Å². The van der Waals surface area contributed by atoms with Crippen LogP contribution in [0.2, 0.25) is 0 Å². The third kappa shape index (κ3) is 10.3. The van der Waals surface area contributed by atoms with Crippen molar-refractivity contribution in [2.75, 3.05) is 6.61 Å². The Hall–Kier alpha value is -0.530. The topological polar surface area (TPSA) is 26.3 Å². The predicted molar refractivity (Wildman–Crippen MR) is 73.0 cm³/mol. The molecule has 0 aliphatic heterocycles. The first-order valence-corrected chi connectivity index (χ1v) is 7.40. The highest BCUT2D eigenvalue weighted by Crippen LogP contribution is 2.15. The summed E-state index contributed by atoms with van der Waals surface area (Å²) in [7, 11) is 0. The molecule has 17 heavy (non-hydrogen) atoms. The van der Waals surface area contributed by atoms with Gasteiger partial charge in [0.1, 0.15) is 0 Å². The van der Waals surface area contributed by atoms with Crippen molar-refractivity contribution in [1.82, 2.24) is 0 Å². The van der Waals surface area contributed by atoms with Crippen LogP contribution in [0.5, 0.6) is 0 Å². The van der Waals surface area contributed by atoms with Crippen molar-refractivity contribution < 1.29 is 9.53 Å². The molecule has 0 amide bonds. The van der Waals surface area contributed by atoms with Gasteiger partial charge in [-0.05, 0) is 12.3 Å². The molecule has 0 aromatic rings. The standard InChI is InChI=1S/C15H30O2/c1-4-7-8-9-10-12-17-15(16)13-14(6-3)11-5-2/h14H,4-13H2,1-3H3. The Balaban J connectivity index is 3.44. The fourth-order valence-electron chi connectivity index (χ4n) is 2.05. The van der Waals surface area contributed by atoms with Gasteiger partial charge in [-0.1, -0.05) is 65.7 Å². The van der Waals surface area contributed by atoms with Crippen LogP contribution in [0.4, 0.5) is 0 Å². The molecule has 0 heterocycles. The molecular weight excluding hydrogens is 212 g/mol. The largest absolute Gasteiger partial charge is 0.466 e. The van der Waals surface area contributed by atoms with Gasteiger partial charge in [-0.2, -0.15) is 0 Å². The molecule has 0 spiro atoms. The molecule has 0 saturated carbocycles. The summed E-state index contributed by atoms with van der Waals surface area (Å²) < 4.78 is 5.26. The van der Waals surface area contributed by atoms with Crippen LogP contribution in [-0.4, -0.2) is 12.6 Å². The molecular formula is C15H30O2. The lowest BCUT2D eigenvalue weighted by Crippen LogP contribution is -2.12. The second-order valence-corrected chi connectivity index (χ2v) is 4.90. The van der Waals surface area contributed by atoms with Gasteiger partial charge in [0.2, 0.25) is 0 Å². The Morgan fingerprint density at radius 1 is 1.00 bits per heavy atom. The van der Waals surface area contributed by atoms with E-state index in [0.717, 1.165) is 25.7 Å². The van der Waals surface area contributed by atoms with Crippen molar-refractivity contribution in [2.45, 2.75) is 78.6 Å². The maximum Gasteiger partial charge on any atom is 0.306 e. The molecule has 0 aromatic heterocycles. The van der Waals surface area contributed by atoms with Crippen LogP contribution in [0.25, 0.3) is 0 Å². The van der Waals surface area contributed by atoms with Crippen LogP contribution in [0.15, 0.2) is 0 Å². The number of hydrogen-bond acceptors (Lipinski definition) is 2. The van der Waals surface area contributed by atoms with Crippen LogP contribution in [-0.2, 0) is 9.53 Å². The van der Waals surface area contributed by atoms with Gasteiger partial charge in [0, 0.05) is 6.42 Å². The van der Waals surface area contributed by atoms with E-state index in [1.807, 2.05) is 0 Å². The van der Waals surface area contributed by atoms with E-state index in [2.05, 4.69) is 20.8 Å². The number of hydrogen-bond donors (Lipinski definition) is 0. The molecule has 0 aliphatic rings. The fraction of sp³-hybridized carbons (Fsp3) is 0.933. The summed E-state index contributed by atoms with van der Waals surface area (Å²) in [6.45, 7) is 7.14. The second kappa shape index (κ2) is 11.9. The Kier molecular flexibility index (Phi) is 11.6. The lowest BCUT2D eigenvalue weighted by molar-refractivity contribution is -0.145. The molecule has 0 radical (unpaired) electrons. The summed E-state index contributed by atoms with van der Waals surface area (Å²) in [5.74, 6) is 0.522. The molecule has 2 nitrogen and oxygen atoms in total. The molecule has 0 aliphatic carbocycles. The molecule has 1 unspecified atom stereocenters. The molecule has 102 valence electrons. The first-order valence-electron chi connectivity index (χ1n) is 7.40. The maximum absolute atomic E-state index is 11.6. The quantitative estimate of drug-likeness (QED) is 0.387. The number of ether oxygens (including phenoxy) is 1. The summed E-state index contributed by atoms with van der Waals surface area (Å²) >= 11 is 0. The van der Waals surface area contributed by atoms with Crippen LogP contribution in [0.1, 0.15) is 78.6 Å². The van der Waals surface area contributed by atoms with Crippen molar-refractivity contribution in [2.24, 2.45) is 5.92 Å². The minimum Gasteiger partial charge on any atom is -0.466 e. The smallest absolute Gasteiger partial charge is 0.306 e. The van der Waals surface area contributed by atoms with Crippen LogP contribution in [0, 0.1) is 5.92 Å². The zero-order chi connectivity index (χ0) is 12.9. The molecule has 2 heteroatoms. The van der Waals surface area contributed by atoms with E-state index in [1.54, 1.807) is 0 Å². The van der Waals surface area contributed by atoms with Gasteiger partial charge in [-0.3, -0.25) is 4.79 Å². The van der Waals surface area contributed by atoms with E-state index < -0.39 is 0 Å². The minimum absolute atomic E-state index is 0.000733. The van der Waals surface area contributed by atoms with Crippen LogP contribution >= 0.6 is 0 Å². The summed E-state index contributed by atoms with van der Waals surface area (Å²) in [4.78, 5) is 11.6. The van der Waals surface area contributed by atoms with Crippen molar-refractivity contribution in [3.8, 4) is 0 Å². The minimum atomic E-state index is 0.000733. The highest BCUT2D eigenvalue weighted by molar-refractivity contribution is 5.69. The van der Waals surface area contributed by atoms with E-state index in [0.29, 0.717) is 18.9 Å². The maximum atomic E-state index is 11.6. The number of unbranched alkanes of at least 4 members (excludes halogenated alkanes) is 4. The second-order valence-electron chi connectivity index (χ2n) is 4.90. The number of carbonyl (C=O) groups is 1. The van der Waals surface area contributed by atoms with Crippen molar-refractivity contribution in [3.63, 3.8) is 0 Å². The Morgan fingerprint density at radius 2 is 1.71 bits per heavy atom. The molecule has 0 N–H and O–H groups in total. The van der Waals surface area contributed by atoms with Crippen molar-refractivity contribution >= 4 is 5.97 Å². The number of rotatable bonds is 11. The van der Waals surface area contributed by atoms with Gasteiger partial charge in [0.05, 0.1) is 6.61 Å². The summed E-state index contributed by atoms with van der Waals surface area (Å²) in [5, 5.41) is 0. The van der Waals surface area contributed by atoms with Crippen molar-refractivity contribution in [1.29, 1.82) is 0 Å². The van der Waals surface area contributed by atoms with Gasteiger partial charge >= 0.3 is 5.97 Å². The van der Waals surface area contributed by atoms with E-state index >= 15 is 0 Å². The summed E-state index contributed by atoms with van der Waals surface area (Å²) in [5.41, 5.74) is 0. The van der Waals surface area contributed by atoms with E-state index in [9.17, 15) is 4.79 Å².